The molecule has 0 bridgehead atoms. The number of aliphatic imine (C=N–C) groups is 1. The largest absolute Gasteiger partial charge is 1.00 e. The van der Waals surface area contributed by atoms with E-state index in [0.717, 1.165) is 55.8 Å². The number of rotatable bonds is 20. The van der Waals surface area contributed by atoms with Crippen molar-refractivity contribution in [2.75, 3.05) is 19.3 Å². The van der Waals surface area contributed by atoms with Crippen molar-refractivity contribution in [2.24, 2.45) is 10.7 Å². The molecule has 6 nitrogen and oxygen atoms in total. The number of guanidine groups is 2. The van der Waals surface area contributed by atoms with Crippen molar-refractivity contribution in [3.8, 4) is 5.75 Å². The number of hydrogen-bond donors (Lipinski definition) is 4. The van der Waals surface area contributed by atoms with Gasteiger partial charge in [0.05, 0.1) is 6.54 Å². The Morgan fingerprint density at radius 1 is 0.618 bits per heavy atom. The average molecular weight is 797 g/mol. The van der Waals surface area contributed by atoms with Gasteiger partial charge in [0.25, 0.3) is 5.96 Å². The maximum atomic E-state index is 8.22. The Morgan fingerprint density at radius 2 is 1.09 bits per heavy atom. The Labute approximate surface area is 339 Å². The van der Waals surface area contributed by atoms with Crippen molar-refractivity contribution in [1.82, 2.24) is 10.6 Å². The van der Waals surface area contributed by atoms with E-state index in [0.29, 0.717) is 5.96 Å². The third-order valence-electron chi connectivity index (χ3n) is 10.4. The molecule has 1 aliphatic heterocycles. The third kappa shape index (κ3) is 11.1. The molecule has 5 aromatic carbocycles. The van der Waals surface area contributed by atoms with Gasteiger partial charge < -0.3 is 18.1 Å². The summed E-state index contributed by atoms with van der Waals surface area (Å²) in [4.78, 5) is 7.95. The summed E-state index contributed by atoms with van der Waals surface area (Å²) in [5.41, 5.74) is 8.42. The molecule has 0 saturated carbocycles. The summed E-state index contributed by atoms with van der Waals surface area (Å²) in [5.74, 6) is -1.11. The first kappa shape index (κ1) is 41.8. The van der Waals surface area contributed by atoms with E-state index in [2.05, 4.69) is 148 Å². The molecule has 0 fully saturated rings. The molecule has 0 spiro atoms. The van der Waals surface area contributed by atoms with Gasteiger partial charge in [0.1, 0.15) is 5.75 Å². The summed E-state index contributed by atoms with van der Waals surface area (Å²) in [6.45, 7) is 1.51. The molecule has 1 unspecified atom stereocenters. The zero-order valence-electron chi connectivity index (χ0n) is 31.8. The summed E-state index contributed by atoms with van der Waals surface area (Å²) in [7, 11) is 0. The second kappa shape index (κ2) is 21.1. The smallest absolute Gasteiger partial charge is 0.352 e. The van der Waals surface area contributed by atoms with Crippen LogP contribution in [0.5, 0.6) is 5.75 Å². The van der Waals surface area contributed by atoms with Gasteiger partial charge in [-0.3, -0.25) is 10.3 Å². The van der Waals surface area contributed by atoms with E-state index in [1.165, 1.54) is 66.4 Å². The molecule has 0 aromatic heterocycles. The van der Waals surface area contributed by atoms with Gasteiger partial charge in [-0.25, -0.2) is 5.32 Å². The Balaban J connectivity index is 0.00000580. The van der Waals surface area contributed by atoms with Gasteiger partial charge in [-0.05, 0) is 29.8 Å². The van der Waals surface area contributed by atoms with E-state index in [4.69, 9.17) is 21.7 Å². The van der Waals surface area contributed by atoms with Gasteiger partial charge in [-0.1, -0.05) is 30.3 Å². The fraction of sp³-hybridized carbons (Fsp3) is 0.304. The minimum Gasteiger partial charge on any atom is -1.00 e. The quantitative estimate of drug-likeness (QED) is 0.0694. The van der Waals surface area contributed by atoms with Gasteiger partial charge in [0.15, 0.2) is 6.17 Å². The van der Waals surface area contributed by atoms with Crippen LogP contribution < -0.4 is 54.4 Å². The number of nitrogens with zero attached hydrogens (tertiary/aromatic N) is 1. The van der Waals surface area contributed by atoms with Crippen LogP contribution in [-0.4, -0.2) is 31.2 Å². The number of ether oxygens (including phenoxy) is 1. The second-order valence-electron chi connectivity index (χ2n) is 14.2. The van der Waals surface area contributed by atoms with E-state index >= 15 is 0 Å². The van der Waals surface area contributed by atoms with Crippen LogP contribution in [0.25, 0.3) is 0 Å². The first-order valence-corrected chi connectivity index (χ1v) is 23.0. The fourth-order valence-corrected chi connectivity index (χ4v) is 13.7. The van der Waals surface area contributed by atoms with E-state index in [9.17, 15) is 0 Å². The molecule has 55 heavy (non-hydrogen) atoms. The number of hydrogen-bond acceptors (Lipinski definition) is 3. The molecule has 5 N–H and O–H groups in total. The molecule has 290 valence electrons. The van der Waals surface area contributed by atoms with Gasteiger partial charge in [-0.2, -0.15) is 4.99 Å². The zero-order valence-corrected chi connectivity index (χ0v) is 34.2. The van der Waals surface area contributed by atoms with Gasteiger partial charge in [0.2, 0.25) is 0 Å². The van der Waals surface area contributed by atoms with Crippen molar-refractivity contribution in [3.63, 3.8) is 0 Å². The Kier molecular flexibility index (Phi) is 16.0. The predicted molar refractivity (Wildman–Crippen MR) is 231 cm³/mol. The van der Waals surface area contributed by atoms with Crippen LogP contribution in [0.1, 0.15) is 75.1 Å². The van der Waals surface area contributed by atoms with Crippen LogP contribution in [-0.2, 0) is 6.42 Å². The minimum atomic E-state index is -3.15. The molecule has 9 heteroatoms. The first-order valence-electron chi connectivity index (χ1n) is 19.7. The average Bonchev–Trinajstić information content (AvgIpc) is 3.22. The standard InChI is InChI=1S/C46H55ClN5OP.ClH/c47-54(41-24-14-9-15-25-41,42-26-16-10-17-27-42,43-28-18-11-19-29-43)37-21-7-5-3-1-2-4-6-20-36-53-40-32-30-39(31-33-40)44-50-45(48)52-46(51-44)49-35-34-38-22-12-8-13-23-38;/h8-19,22-33,44H,1-7,20-21,34-37H2,(H4,48,49,50,51,52);1H. The maximum Gasteiger partial charge on any atom is 0.352 e. The Hall–Kier alpha value is -4.35. The van der Waals surface area contributed by atoms with Crippen LogP contribution in [0.3, 0.4) is 0 Å². The number of nitrogens with two attached hydrogens (primary N) is 1. The maximum absolute atomic E-state index is 8.22. The van der Waals surface area contributed by atoms with Crippen LogP contribution in [0, 0.1) is 0 Å². The zero-order chi connectivity index (χ0) is 37.3. The molecule has 1 aliphatic rings. The summed E-state index contributed by atoms with van der Waals surface area (Å²) in [6.07, 6.45) is 12.5. The SMILES string of the molecule is NC1=NC(c2ccc(OCCCCCCCCCCCP(Cl)(c3ccccc3)(c3ccccc3)c3ccccc3)cc2)NC(=[NH+]CCc2ccccc2)N1.[Cl-]. The van der Waals surface area contributed by atoms with Crippen LogP contribution in [0.15, 0.2) is 151 Å². The third-order valence-corrected chi connectivity index (χ3v) is 18.0. The molecule has 0 saturated heterocycles. The molecule has 1 heterocycles. The first-order chi connectivity index (χ1) is 26.5. The van der Waals surface area contributed by atoms with E-state index in [-0.39, 0.29) is 18.6 Å². The minimum absolute atomic E-state index is 0. The van der Waals surface area contributed by atoms with E-state index in [1.807, 2.05) is 18.2 Å². The van der Waals surface area contributed by atoms with Crippen LogP contribution >= 0.6 is 17.2 Å². The monoisotopic (exact) mass is 795 g/mol. The topological polar surface area (TPSA) is 85.6 Å². The summed E-state index contributed by atoms with van der Waals surface area (Å²) < 4.78 is 6.07. The summed E-state index contributed by atoms with van der Waals surface area (Å²) >= 11 is 8.22. The summed E-state index contributed by atoms with van der Waals surface area (Å²) in [5, 5.41) is 10.3. The Morgan fingerprint density at radius 3 is 1.62 bits per heavy atom. The Bertz CT molecular complexity index is 1810. The number of benzene rings is 5. The van der Waals surface area contributed by atoms with Gasteiger partial charge in [-0.15, -0.1) is 0 Å². The molecular weight excluding hydrogens is 740 g/mol. The van der Waals surface area contributed by atoms with Crippen LogP contribution in [0.4, 0.5) is 0 Å². The summed E-state index contributed by atoms with van der Waals surface area (Å²) in [6, 6.07) is 51.1. The van der Waals surface area contributed by atoms with E-state index in [1.54, 1.807) is 0 Å². The fourth-order valence-electron chi connectivity index (χ4n) is 7.47. The predicted octanol–water partition coefficient (Wildman–Crippen LogP) is 4.45. The normalized spacial score (nSPS) is 15.4. The van der Waals surface area contributed by atoms with Crippen molar-refractivity contribution in [2.45, 2.75) is 70.4 Å². The van der Waals surface area contributed by atoms with Crippen molar-refractivity contribution in [1.29, 1.82) is 0 Å². The molecular formula is C46H56Cl2N5OP. The molecule has 0 aliphatic carbocycles. The molecule has 5 aromatic rings. The molecule has 6 rings (SSSR count). The molecule has 0 amide bonds. The van der Waals surface area contributed by atoms with Gasteiger partial charge >= 0.3 is 205 Å². The molecule has 1 atom stereocenters. The number of nitrogens with one attached hydrogen (secondary N) is 3. The second-order valence-corrected chi connectivity index (χ2v) is 20.8. The molecule has 0 radical (unpaired) electrons. The van der Waals surface area contributed by atoms with Crippen molar-refractivity contribution >= 4 is 45.0 Å². The van der Waals surface area contributed by atoms with Crippen LogP contribution in [0.2, 0.25) is 0 Å². The van der Waals surface area contributed by atoms with E-state index < -0.39 is 5.96 Å². The van der Waals surface area contributed by atoms with Crippen molar-refractivity contribution in [3.05, 3.63) is 157 Å². The van der Waals surface area contributed by atoms with Gasteiger partial charge in [0, 0.05) is 12.0 Å². The number of unbranched alkanes of at least 4 members (excludes halogenated alkanes) is 8. The number of halogens is 2. The van der Waals surface area contributed by atoms with Crippen molar-refractivity contribution < 1.29 is 22.1 Å².